The Morgan fingerprint density at radius 1 is 1.30 bits per heavy atom. The number of hydrogen-bond donors (Lipinski definition) is 0. The molecule has 0 amide bonds. The average molecular weight is 270 g/mol. The molecule has 0 N–H and O–H groups in total. The van der Waals surface area contributed by atoms with Crippen LogP contribution in [0.3, 0.4) is 0 Å². The first-order chi connectivity index (χ1) is 9.77. The Morgan fingerprint density at radius 2 is 2.05 bits per heavy atom. The molecule has 0 saturated heterocycles. The number of unbranched alkanes of at least 4 members (excludes halogenated alkanes) is 4. The molecule has 110 valence electrons. The highest BCUT2D eigenvalue weighted by atomic mass is 14.1. The van der Waals surface area contributed by atoms with Gasteiger partial charge in [-0.05, 0) is 51.5 Å². The monoisotopic (exact) mass is 270 g/mol. The largest absolute Gasteiger partial charge is 0.115 e. The summed E-state index contributed by atoms with van der Waals surface area (Å²) in [4.78, 5) is 0. The summed E-state index contributed by atoms with van der Waals surface area (Å²) in [5, 5.41) is 0. The van der Waals surface area contributed by atoms with Crippen LogP contribution in [0.4, 0.5) is 0 Å². The minimum absolute atomic E-state index is 0.643. The van der Waals surface area contributed by atoms with E-state index in [1.165, 1.54) is 56.1 Å². The first kappa shape index (κ1) is 16.8. The lowest BCUT2D eigenvalue weighted by Crippen LogP contribution is -1.93. The van der Waals surface area contributed by atoms with Gasteiger partial charge >= 0.3 is 0 Å². The first-order valence-corrected chi connectivity index (χ1v) is 8.17. The van der Waals surface area contributed by atoms with E-state index in [1.807, 2.05) is 6.08 Å². The van der Waals surface area contributed by atoms with Crippen LogP contribution in [0.15, 0.2) is 53.8 Å². The Bertz CT molecular complexity index is 400. The van der Waals surface area contributed by atoms with Crippen molar-refractivity contribution in [2.24, 2.45) is 5.92 Å². The smallest absolute Gasteiger partial charge is 0.00975 e. The van der Waals surface area contributed by atoms with Crippen LogP contribution in [0.1, 0.15) is 65.2 Å². The SMILES string of the molecule is C=CC/C(C)=C\CCCCC/C=C\C(CCC)C1=C=C1. The van der Waals surface area contributed by atoms with Gasteiger partial charge in [0.1, 0.15) is 0 Å². The molecule has 0 nitrogen and oxygen atoms in total. The molecule has 1 aliphatic carbocycles. The molecule has 0 aromatic rings. The van der Waals surface area contributed by atoms with Gasteiger partial charge in [-0.3, -0.25) is 0 Å². The summed E-state index contributed by atoms with van der Waals surface area (Å²) in [5.41, 5.74) is 6.11. The molecule has 1 aliphatic rings. The molecule has 0 bridgehead atoms. The highest BCUT2D eigenvalue weighted by Gasteiger charge is 2.12. The zero-order chi connectivity index (χ0) is 14.6. The van der Waals surface area contributed by atoms with E-state index in [1.54, 1.807) is 0 Å². The second kappa shape index (κ2) is 10.5. The molecule has 0 spiro atoms. The fourth-order valence-electron chi connectivity index (χ4n) is 2.43. The van der Waals surface area contributed by atoms with Crippen molar-refractivity contribution in [2.75, 3.05) is 0 Å². The minimum Gasteiger partial charge on any atom is -0.115 e. The van der Waals surface area contributed by atoms with Gasteiger partial charge in [0.25, 0.3) is 0 Å². The van der Waals surface area contributed by atoms with Gasteiger partial charge in [0.2, 0.25) is 0 Å². The topological polar surface area (TPSA) is 0 Å². The predicted octanol–water partition coefficient (Wildman–Crippen LogP) is 6.53. The fourth-order valence-corrected chi connectivity index (χ4v) is 2.43. The van der Waals surface area contributed by atoms with Crippen LogP contribution >= 0.6 is 0 Å². The van der Waals surface area contributed by atoms with Gasteiger partial charge in [0.15, 0.2) is 0 Å². The van der Waals surface area contributed by atoms with E-state index in [-0.39, 0.29) is 0 Å². The molecule has 0 fully saturated rings. The highest BCUT2D eigenvalue weighted by molar-refractivity contribution is 5.36. The third-order valence-electron chi connectivity index (χ3n) is 3.71. The standard InChI is InChI=1S/C20H30/c1-4-12-18(3)14-10-8-6-7-9-11-15-19(13-5-2)20-16-17-20/h4,11,14-16,19H,1,5-10,12-13H2,2-3H3/b15-11-,18-14-. The molecular weight excluding hydrogens is 240 g/mol. The summed E-state index contributed by atoms with van der Waals surface area (Å²) in [6.45, 7) is 8.21. The van der Waals surface area contributed by atoms with Crippen molar-refractivity contribution in [2.45, 2.75) is 65.2 Å². The third-order valence-corrected chi connectivity index (χ3v) is 3.71. The summed E-state index contributed by atoms with van der Waals surface area (Å²) in [6, 6.07) is 0. The molecule has 1 atom stereocenters. The van der Waals surface area contributed by atoms with Gasteiger partial charge in [-0.15, -0.1) is 12.3 Å². The molecule has 0 radical (unpaired) electrons. The Kier molecular flexibility index (Phi) is 8.83. The number of rotatable bonds is 12. The van der Waals surface area contributed by atoms with Gasteiger partial charge in [0, 0.05) is 11.5 Å². The molecule has 1 unspecified atom stereocenters. The maximum absolute atomic E-state index is 3.77. The van der Waals surface area contributed by atoms with Gasteiger partial charge in [-0.1, -0.05) is 49.6 Å². The van der Waals surface area contributed by atoms with Crippen molar-refractivity contribution < 1.29 is 0 Å². The number of allylic oxidation sites excluding steroid dienone is 6. The Hall–Kier alpha value is -1.26. The van der Waals surface area contributed by atoms with Crippen molar-refractivity contribution in [3.05, 3.63) is 53.8 Å². The molecule has 0 saturated carbocycles. The summed E-state index contributed by atoms with van der Waals surface area (Å²) in [5.74, 6) is 0.643. The highest BCUT2D eigenvalue weighted by Crippen LogP contribution is 2.25. The summed E-state index contributed by atoms with van der Waals surface area (Å²) in [7, 11) is 0. The van der Waals surface area contributed by atoms with Gasteiger partial charge in [0.05, 0.1) is 0 Å². The van der Waals surface area contributed by atoms with Crippen molar-refractivity contribution in [3.8, 4) is 0 Å². The van der Waals surface area contributed by atoms with Crippen molar-refractivity contribution >= 4 is 0 Å². The van der Waals surface area contributed by atoms with E-state index in [0.717, 1.165) is 6.42 Å². The molecule has 0 aliphatic heterocycles. The van der Waals surface area contributed by atoms with Gasteiger partial charge in [-0.25, -0.2) is 0 Å². The van der Waals surface area contributed by atoms with Crippen LogP contribution in [0.2, 0.25) is 0 Å². The first-order valence-electron chi connectivity index (χ1n) is 8.17. The second-order valence-corrected chi connectivity index (χ2v) is 5.75. The van der Waals surface area contributed by atoms with E-state index in [9.17, 15) is 0 Å². The van der Waals surface area contributed by atoms with E-state index < -0.39 is 0 Å². The van der Waals surface area contributed by atoms with Gasteiger partial charge < -0.3 is 0 Å². The molecule has 0 aromatic carbocycles. The summed E-state index contributed by atoms with van der Waals surface area (Å²) in [6.07, 6.45) is 21.2. The molecule has 20 heavy (non-hydrogen) atoms. The van der Waals surface area contributed by atoms with Crippen LogP contribution in [0, 0.1) is 5.92 Å². The van der Waals surface area contributed by atoms with Gasteiger partial charge in [-0.2, -0.15) is 0 Å². The lowest BCUT2D eigenvalue weighted by molar-refractivity contribution is 0.666. The minimum atomic E-state index is 0.643. The van der Waals surface area contributed by atoms with E-state index in [0.29, 0.717) is 5.92 Å². The molecule has 0 heteroatoms. The van der Waals surface area contributed by atoms with E-state index in [4.69, 9.17) is 0 Å². The molecule has 1 rings (SSSR count). The van der Waals surface area contributed by atoms with Crippen LogP contribution in [-0.4, -0.2) is 0 Å². The van der Waals surface area contributed by atoms with Crippen LogP contribution < -0.4 is 0 Å². The van der Waals surface area contributed by atoms with Crippen molar-refractivity contribution in [1.82, 2.24) is 0 Å². The molecule has 0 aromatic heterocycles. The van der Waals surface area contributed by atoms with Crippen molar-refractivity contribution in [3.63, 3.8) is 0 Å². The zero-order valence-corrected chi connectivity index (χ0v) is 13.3. The fraction of sp³-hybridized carbons (Fsp3) is 0.550. The Balaban J connectivity index is 2.02. The maximum atomic E-state index is 3.77. The summed E-state index contributed by atoms with van der Waals surface area (Å²) < 4.78 is 0. The lowest BCUT2D eigenvalue weighted by Gasteiger charge is -2.06. The Labute approximate surface area is 125 Å². The second-order valence-electron chi connectivity index (χ2n) is 5.75. The van der Waals surface area contributed by atoms with E-state index >= 15 is 0 Å². The normalized spacial score (nSPS) is 15.5. The summed E-state index contributed by atoms with van der Waals surface area (Å²) >= 11 is 0. The average Bonchev–Trinajstić information content (AvgIpc) is 3.25. The maximum Gasteiger partial charge on any atom is 0.00975 e. The third kappa shape index (κ3) is 8.02. The van der Waals surface area contributed by atoms with Crippen molar-refractivity contribution in [1.29, 1.82) is 0 Å². The predicted molar refractivity (Wildman–Crippen MR) is 90.8 cm³/mol. The van der Waals surface area contributed by atoms with Crippen LogP contribution in [0.5, 0.6) is 0 Å². The van der Waals surface area contributed by atoms with Crippen LogP contribution in [0.25, 0.3) is 0 Å². The lowest BCUT2D eigenvalue weighted by atomic mass is 9.98. The Morgan fingerprint density at radius 3 is 2.70 bits per heavy atom. The molecular formula is C20H30. The number of hydrogen-bond acceptors (Lipinski definition) is 0. The van der Waals surface area contributed by atoms with E-state index in [2.05, 4.69) is 50.5 Å². The zero-order valence-electron chi connectivity index (χ0n) is 13.3. The van der Waals surface area contributed by atoms with Crippen LogP contribution in [-0.2, 0) is 0 Å². The quantitative estimate of drug-likeness (QED) is 0.215. The molecule has 0 heterocycles.